The van der Waals surface area contributed by atoms with Crippen molar-refractivity contribution in [3.8, 4) is 17.6 Å². The fourth-order valence-electron chi connectivity index (χ4n) is 4.98. The normalized spacial score (nSPS) is 15.0. The number of anilines is 2. The Morgan fingerprint density at radius 1 is 1.23 bits per heavy atom. The van der Waals surface area contributed by atoms with Crippen LogP contribution in [0, 0.1) is 11.8 Å². The molecule has 2 aromatic carbocycles. The van der Waals surface area contributed by atoms with Crippen molar-refractivity contribution < 1.29 is 23.4 Å². The summed E-state index contributed by atoms with van der Waals surface area (Å²) >= 11 is 1.44. The molecule has 1 aliphatic heterocycles. The molecule has 1 atom stereocenters. The molecular formula is C30H36F2N4O3S. The number of thiophene rings is 1. The number of methoxy groups -OCH3 is 1. The average Bonchev–Trinajstić information content (AvgIpc) is 3.28. The predicted molar refractivity (Wildman–Crippen MR) is 158 cm³/mol. The summed E-state index contributed by atoms with van der Waals surface area (Å²) in [6, 6.07) is 11.2. The first-order valence-electron chi connectivity index (χ1n) is 13.4. The Kier molecular flexibility index (Phi) is 10.2. The lowest BCUT2D eigenvalue weighted by Crippen LogP contribution is -2.41. The number of halogens is 2. The highest BCUT2D eigenvalue weighted by Crippen LogP contribution is 2.38. The van der Waals surface area contributed by atoms with Gasteiger partial charge < -0.3 is 30.7 Å². The molecule has 0 bridgehead atoms. The molecule has 4 rings (SSSR count). The minimum Gasteiger partial charge on any atom is -0.495 e. The highest BCUT2D eigenvalue weighted by molar-refractivity contribution is 7.20. The number of piperidine rings is 1. The molecule has 1 aromatic heterocycles. The molecule has 10 heteroatoms. The second kappa shape index (κ2) is 13.8. The minimum absolute atomic E-state index is 0.211. The summed E-state index contributed by atoms with van der Waals surface area (Å²) in [6.45, 7) is 4.56. The summed E-state index contributed by atoms with van der Waals surface area (Å²) in [5.41, 5.74) is 2.68. The number of nitrogens with one attached hydrogen (secondary N) is 3. The van der Waals surface area contributed by atoms with Crippen molar-refractivity contribution in [1.29, 1.82) is 0 Å². The van der Waals surface area contributed by atoms with Gasteiger partial charge in [0.25, 0.3) is 5.91 Å². The van der Waals surface area contributed by atoms with Crippen molar-refractivity contribution in [2.24, 2.45) is 0 Å². The molecule has 0 saturated carbocycles. The highest BCUT2D eigenvalue weighted by atomic mass is 32.1. The van der Waals surface area contributed by atoms with Crippen LogP contribution < -0.4 is 20.7 Å². The molecule has 4 N–H and O–H groups in total. The number of likely N-dealkylation sites (tertiary alicyclic amines) is 1. The van der Waals surface area contributed by atoms with E-state index in [9.17, 15) is 18.7 Å². The molecule has 0 aliphatic carbocycles. The maximum atomic E-state index is 13.6. The monoisotopic (exact) mass is 570 g/mol. The van der Waals surface area contributed by atoms with E-state index in [1.54, 1.807) is 32.2 Å². The smallest absolute Gasteiger partial charge is 0.251 e. The zero-order valence-corrected chi connectivity index (χ0v) is 23.8. The fraction of sp³-hybridized carbons (Fsp3) is 0.433. The summed E-state index contributed by atoms with van der Waals surface area (Å²) in [4.78, 5) is 14.8. The number of aliphatic hydroxyl groups excluding tert-OH is 1. The van der Waals surface area contributed by atoms with Crippen LogP contribution in [0.3, 0.4) is 0 Å². The topological polar surface area (TPSA) is 85.9 Å². The van der Waals surface area contributed by atoms with E-state index in [1.165, 1.54) is 18.4 Å². The quantitative estimate of drug-likeness (QED) is 0.262. The Hall–Kier alpha value is -3.39. The van der Waals surface area contributed by atoms with Crippen LogP contribution in [0.2, 0.25) is 0 Å². The lowest BCUT2D eigenvalue weighted by Gasteiger charge is -2.33. The molecule has 0 spiro atoms. The Balaban J connectivity index is 1.51. The van der Waals surface area contributed by atoms with E-state index in [0.29, 0.717) is 34.0 Å². The van der Waals surface area contributed by atoms with Gasteiger partial charge in [0.05, 0.1) is 40.7 Å². The third-order valence-electron chi connectivity index (χ3n) is 6.91. The van der Waals surface area contributed by atoms with Gasteiger partial charge in [-0.25, -0.2) is 8.78 Å². The van der Waals surface area contributed by atoms with Crippen LogP contribution in [0.15, 0.2) is 36.4 Å². The first kappa shape index (κ1) is 29.6. The van der Waals surface area contributed by atoms with E-state index < -0.39 is 6.43 Å². The molecule has 1 unspecified atom stereocenters. The largest absolute Gasteiger partial charge is 0.495 e. The zero-order chi connectivity index (χ0) is 28.6. The molecular weight excluding hydrogens is 534 g/mol. The van der Waals surface area contributed by atoms with E-state index in [2.05, 4.69) is 32.7 Å². The second-order valence-electron chi connectivity index (χ2n) is 9.90. The van der Waals surface area contributed by atoms with Crippen molar-refractivity contribution in [3.05, 3.63) is 52.4 Å². The van der Waals surface area contributed by atoms with Gasteiger partial charge >= 0.3 is 0 Å². The number of nitrogens with zero attached hydrogens (tertiary/aromatic N) is 1. The average molecular weight is 571 g/mol. The molecule has 2 heterocycles. The first-order valence-corrected chi connectivity index (χ1v) is 14.2. The van der Waals surface area contributed by atoms with Crippen LogP contribution in [-0.2, 0) is 6.42 Å². The van der Waals surface area contributed by atoms with Gasteiger partial charge in [-0.15, -0.1) is 11.3 Å². The standard InChI is InChI=1S/C30H36F2N4O3S/c1-19(37)18-36-14-11-21(12-15-36)35-25-7-4-6-22-23(17-28(31)32)27(40-29(22)25)8-5-13-34-24-10-9-20(30(38)33-2)16-26(24)39-3/h4,6-7,9-10,16,19,21,28,34-35,37H,11-15,17-18H2,1-3H3,(H,33,38). The lowest BCUT2D eigenvalue weighted by atomic mass is 10.0. The Labute approximate surface area is 237 Å². The number of hydrogen-bond donors (Lipinski definition) is 4. The molecule has 214 valence electrons. The van der Waals surface area contributed by atoms with Crippen LogP contribution in [0.4, 0.5) is 20.2 Å². The SMILES string of the molecule is CNC(=O)c1ccc(NCC#Cc2sc3c(NC4CCN(CC(C)O)CC4)cccc3c2CC(F)F)c(OC)c1. The van der Waals surface area contributed by atoms with Gasteiger partial charge in [0.15, 0.2) is 0 Å². The van der Waals surface area contributed by atoms with E-state index >= 15 is 0 Å². The molecule has 3 aromatic rings. The second-order valence-corrected chi connectivity index (χ2v) is 10.9. The number of carbonyl (C=O) groups is 1. The zero-order valence-electron chi connectivity index (χ0n) is 23.0. The molecule has 1 saturated heterocycles. The van der Waals surface area contributed by atoms with E-state index in [0.717, 1.165) is 41.7 Å². The minimum atomic E-state index is -2.48. The van der Waals surface area contributed by atoms with E-state index in [1.807, 2.05) is 18.2 Å². The van der Waals surface area contributed by atoms with Crippen LogP contribution in [0.1, 0.15) is 40.6 Å². The molecule has 1 fully saturated rings. The first-order chi connectivity index (χ1) is 19.3. The van der Waals surface area contributed by atoms with E-state index in [-0.39, 0.29) is 31.0 Å². The van der Waals surface area contributed by atoms with Gasteiger partial charge in [-0.1, -0.05) is 24.0 Å². The van der Waals surface area contributed by atoms with Crippen LogP contribution >= 0.6 is 11.3 Å². The van der Waals surface area contributed by atoms with Crippen molar-refractivity contribution in [1.82, 2.24) is 10.2 Å². The number of amides is 1. The third kappa shape index (κ3) is 7.42. The number of benzene rings is 2. The van der Waals surface area contributed by atoms with Crippen molar-refractivity contribution in [2.45, 2.75) is 44.8 Å². The van der Waals surface area contributed by atoms with Crippen LogP contribution in [0.5, 0.6) is 5.75 Å². The lowest BCUT2D eigenvalue weighted by molar-refractivity contribution is 0.0962. The number of β-amino-alcohol motifs (C(OH)–C–C–N with tert-alkyl or cyclic N) is 1. The van der Waals surface area contributed by atoms with Gasteiger partial charge in [-0.05, 0) is 55.0 Å². The van der Waals surface area contributed by atoms with Gasteiger partial charge in [0, 0.05) is 44.7 Å². The predicted octanol–water partition coefficient (Wildman–Crippen LogP) is 4.80. The number of hydrogen-bond acceptors (Lipinski definition) is 7. The summed E-state index contributed by atoms with van der Waals surface area (Å²) in [5.74, 6) is 6.49. The van der Waals surface area contributed by atoms with Crippen molar-refractivity contribution in [2.75, 3.05) is 51.0 Å². The summed E-state index contributed by atoms with van der Waals surface area (Å²) in [7, 11) is 3.09. The number of ether oxygens (including phenoxy) is 1. The number of rotatable bonds is 10. The molecule has 1 amide bonds. The molecule has 1 aliphatic rings. The van der Waals surface area contributed by atoms with Crippen molar-refractivity contribution >= 4 is 38.7 Å². The fourth-order valence-corrected chi connectivity index (χ4v) is 6.16. The third-order valence-corrected chi connectivity index (χ3v) is 8.10. The number of alkyl halides is 2. The van der Waals surface area contributed by atoms with Gasteiger partial charge in [-0.2, -0.15) is 0 Å². The van der Waals surface area contributed by atoms with Gasteiger partial charge in [0.1, 0.15) is 5.75 Å². The number of fused-ring (bicyclic) bond motifs is 1. The summed E-state index contributed by atoms with van der Waals surface area (Å²) in [5, 5.41) is 19.9. The van der Waals surface area contributed by atoms with Gasteiger partial charge in [-0.3, -0.25) is 4.79 Å². The summed E-state index contributed by atoms with van der Waals surface area (Å²) < 4.78 is 33.5. The Morgan fingerprint density at radius 3 is 2.67 bits per heavy atom. The molecule has 0 radical (unpaired) electrons. The Morgan fingerprint density at radius 2 is 2.00 bits per heavy atom. The Bertz CT molecular complexity index is 1370. The number of carbonyl (C=O) groups excluding carboxylic acids is 1. The van der Waals surface area contributed by atoms with Crippen molar-refractivity contribution in [3.63, 3.8) is 0 Å². The number of aliphatic hydroxyl groups is 1. The van der Waals surface area contributed by atoms with Crippen LogP contribution in [0.25, 0.3) is 10.1 Å². The maximum Gasteiger partial charge on any atom is 0.251 e. The molecule has 7 nitrogen and oxygen atoms in total. The van der Waals surface area contributed by atoms with E-state index in [4.69, 9.17) is 4.74 Å². The van der Waals surface area contributed by atoms with Gasteiger partial charge in [0.2, 0.25) is 6.43 Å². The van der Waals surface area contributed by atoms with Crippen LogP contribution in [-0.4, -0.2) is 74.8 Å². The molecule has 40 heavy (non-hydrogen) atoms. The summed E-state index contributed by atoms with van der Waals surface area (Å²) in [6.07, 6.45) is -1.28. The highest BCUT2D eigenvalue weighted by Gasteiger charge is 2.22. The maximum absolute atomic E-state index is 13.6.